The van der Waals surface area contributed by atoms with Gasteiger partial charge in [-0.15, -0.1) is 0 Å². The highest BCUT2D eigenvalue weighted by atomic mass is 32.2. The summed E-state index contributed by atoms with van der Waals surface area (Å²) in [4.78, 5) is 0.350. The zero-order valence-corrected chi connectivity index (χ0v) is 16.5. The van der Waals surface area contributed by atoms with Gasteiger partial charge in [0.25, 0.3) is 10.0 Å². The molecule has 25 heavy (non-hydrogen) atoms. The van der Waals surface area contributed by atoms with Crippen LogP contribution in [0.15, 0.2) is 59.5 Å². The number of sulfonamides is 1. The summed E-state index contributed by atoms with van der Waals surface area (Å²) in [5, 5.41) is 0. The van der Waals surface area contributed by atoms with Gasteiger partial charge in [0.1, 0.15) is 0 Å². The third-order valence-corrected chi connectivity index (χ3v) is 6.71. The summed E-state index contributed by atoms with van der Waals surface area (Å²) in [5.41, 5.74) is 1.92. The van der Waals surface area contributed by atoms with E-state index in [1.807, 2.05) is 42.5 Å². The topological polar surface area (TPSA) is 37.4 Å². The molecule has 0 amide bonds. The van der Waals surface area contributed by atoms with Crippen LogP contribution in [-0.2, 0) is 15.4 Å². The zero-order chi connectivity index (χ0) is 18.5. The second-order valence-electron chi connectivity index (χ2n) is 7.03. The minimum Gasteiger partial charge on any atom is -0.266 e. The standard InChI is InChI=1S/C21H29NO2S/c1-5-7-17-22(19-11-9-8-10-12-19)25(23,24)20-15-13-18(14-16-20)21(3,4)6-2/h8-16H,5-7,17H2,1-4H3. The molecule has 0 saturated heterocycles. The summed E-state index contributed by atoms with van der Waals surface area (Å²) in [7, 11) is -3.56. The summed E-state index contributed by atoms with van der Waals surface area (Å²) in [6, 6.07) is 16.7. The van der Waals surface area contributed by atoms with Gasteiger partial charge in [-0.1, -0.05) is 64.4 Å². The molecule has 0 radical (unpaired) electrons. The number of benzene rings is 2. The van der Waals surface area contributed by atoms with Crippen molar-refractivity contribution in [1.82, 2.24) is 0 Å². The van der Waals surface area contributed by atoms with Crippen molar-refractivity contribution < 1.29 is 8.42 Å². The normalized spacial score (nSPS) is 12.2. The molecule has 136 valence electrons. The molecule has 0 unspecified atom stereocenters. The van der Waals surface area contributed by atoms with E-state index >= 15 is 0 Å². The first kappa shape index (κ1) is 19.5. The van der Waals surface area contributed by atoms with Crippen LogP contribution in [0.4, 0.5) is 5.69 Å². The van der Waals surface area contributed by atoms with Crippen molar-refractivity contribution in [3.8, 4) is 0 Å². The van der Waals surface area contributed by atoms with Gasteiger partial charge in [-0.3, -0.25) is 4.31 Å². The van der Waals surface area contributed by atoms with Crippen molar-refractivity contribution >= 4 is 15.7 Å². The molecule has 2 aromatic carbocycles. The van der Waals surface area contributed by atoms with Crippen molar-refractivity contribution in [2.24, 2.45) is 0 Å². The lowest BCUT2D eigenvalue weighted by atomic mass is 9.82. The number of unbranched alkanes of at least 4 members (excludes halogenated alkanes) is 1. The Morgan fingerprint density at radius 3 is 2.04 bits per heavy atom. The number of hydrogen-bond donors (Lipinski definition) is 0. The first-order valence-electron chi connectivity index (χ1n) is 9.01. The van der Waals surface area contributed by atoms with E-state index in [4.69, 9.17) is 0 Å². The number of anilines is 1. The monoisotopic (exact) mass is 359 g/mol. The minimum absolute atomic E-state index is 0.0453. The van der Waals surface area contributed by atoms with E-state index in [0.717, 1.165) is 24.8 Å². The summed E-state index contributed by atoms with van der Waals surface area (Å²) < 4.78 is 27.9. The molecule has 4 heteroatoms. The second kappa shape index (κ2) is 8.05. The van der Waals surface area contributed by atoms with E-state index in [0.29, 0.717) is 17.1 Å². The van der Waals surface area contributed by atoms with E-state index in [9.17, 15) is 8.42 Å². The average Bonchev–Trinajstić information content (AvgIpc) is 2.63. The Hall–Kier alpha value is -1.81. The van der Waals surface area contributed by atoms with Gasteiger partial charge in [0.15, 0.2) is 0 Å². The lowest BCUT2D eigenvalue weighted by molar-refractivity contribution is 0.505. The van der Waals surface area contributed by atoms with Gasteiger partial charge in [0, 0.05) is 6.54 Å². The Bertz CT molecular complexity index is 765. The summed E-state index contributed by atoms with van der Waals surface area (Å²) in [6.45, 7) is 9.05. The van der Waals surface area contributed by atoms with E-state index in [-0.39, 0.29) is 5.41 Å². The average molecular weight is 360 g/mol. The first-order chi connectivity index (χ1) is 11.8. The molecule has 0 N–H and O–H groups in total. The Morgan fingerprint density at radius 2 is 1.52 bits per heavy atom. The smallest absolute Gasteiger partial charge is 0.264 e. The second-order valence-corrected chi connectivity index (χ2v) is 8.89. The van der Waals surface area contributed by atoms with Crippen LogP contribution >= 0.6 is 0 Å². The molecule has 0 aromatic heterocycles. The van der Waals surface area contributed by atoms with Gasteiger partial charge in [0.2, 0.25) is 0 Å². The predicted octanol–water partition coefficient (Wildman–Crippen LogP) is 5.37. The van der Waals surface area contributed by atoms with Crippen LogP contribution in [0.3, 0.4) is 0 Å². The SMILES string of the molecule is CCCCN(c1ccccc1)S(=O)(=O)c1ccc(C(C)(C)CC)cc1. The molecule has 0 fully saturated rings. The molecule has 0 atom stereocenters. The predicted molar refractivity (Wildman–Crippen MR) is 106 cm³/mol. The molecule has 0 spiro atoms. The third kappa shape index (κ3) is 4.43. The molecule has 2 aromatic rings. The molecular formula is C21H29NO2S. The van der Waals surface area contributed by atoms with E-state index < -0.39 is 10.0 Å². The van der Waals surface area contributed by atoms with Gasteiger partial charge in [0.05, 0.1) is 10.6 Å². The maximum Gasteiger partial charge on any atom is 0.264 e. The van der Waals surface area contributed by atoms with E-state index in [1.54, 1.807) is 12.1 Å². The summed E-state index contributed by atoms with van der Waals surface area (Å²) >= 11 is 0. The van der Waals surface area contributed by atoms with Crippen molar-refractivity contribution in [3.63, 3.8) is 0 Å². The molecule has 2 rings (SSSR count). The highest BCUT2D eigenvalue weighted by Gasteiger charge is 2.25. The Kier molecular flexibility index (Phi) is 6.28. The van der Waals surface area contributed by atoms with E-state index in [2.05, 4.69) is 27.7 Å². The maximum atomic E-state index is 13.2. The van der Waals surface area contributed by atoms with Crippen LogP contribution in [0.1, 0.15) is 52.5 Å². The van der Waals surface area contributed by atoms with E-state index in [1.165, 1.54) is 4.31 Å². The van der Waals surface area contributed by atoms with Crippen molar-refractivity contribution in [3.05, 3.63) is 60.2 Å². The molecular weight excluding hydrogens is 330 g/mol. The highest BCUT2D eigenvalue weighted by Crippen LogP contribution is 2.29. The van der Waals surface area contributed by atoms with Crippen LogP contribution in [0.2, 0.25) is 0 Å². The first-order valence-corrected chi connectivity index (χ1v) is 10.4. The summed E-state index contributed by atoms with van der Waals surface area (Å²) in [6.07, 6.45) is 2.78. The molecule has 0 aliphatic heterocycles. The Labute approximate surface area is 152 Å². The maximum absolute atomic E-state index is 13.2. The van der Waals surface area contributed by atoms with Gasteiger partial charge in [-0.25, -0.2) is 8.42 Å². The Balaban J connectivity index is 2.40. The summed E-state index contributed by atoms with van der Waals surface area (Å²) in [5.74, 6) is 0. The fourth-order valence-corrected chi connectivity index (χ4v) is 4.20. The third-order valence-electron chi connectivity index (χ3n) is 4.87. The van der Waals surface area contributed by atoms with Gasteiger partial charge in [-0.05, 0) is 48.1 Å². The van der Waals surface area contributed by atoms with Crippen molar-refractivity contribution in [2.75, 3.05) is 10.8 Å². The number of hydrogen-bond acceptors (Lipinski definition) is 2. The van der Waals surface area contributed by atoms with Crippen LogP contribution in [0.5, 0.6) is 0 Å². The molecule has 0 bridgehead atoms. The fourth-order valence-electron chi connectivity index (χ4n) is 2.69. The highest BCUT2D eigenvalue weighted by molar-refractivity contribution is 7.92. The Morgan fingerprint density at radius 1 is 0.920 bits per heavy atom. The van der Waals surface area contributed by atoms with Gasteiger partial charge >= 0.3 is 0 Å². The van der Waals surface area contributed by atoms with Gasteiger partial charge < -0.3 is 0 Å². The number of para-hydroxylation sites is 1. The minimum atomic E-state index is -3.56. The van der Waals surface area contributed by atoms with Crippen LogP contribution in [-0.4, -0.2) is 15.0 Å². The molecule has 0 heterocycles. The number of rotatable bonds is 8. The largest absolute Gasteiger partial charge is 0.266 e. The van der Waals surface area contributed by atoms with Crippen LogP contribution in [0, 0.1) is 0 Å². The lowest BCUT2D eigenvalue weighted by Gasteiger charge is -2.26. The van der Waals surface area contributed by atoms with Crippen molar-refractivity contribution in [2.45, 2.75) is 57.3 Å². The van der Waals surface area contributed by atoms with Gasteiger partial charge in [-0.2, -0.15) is 0 Å². The molecule has 0 saturated carbocycles. The zero-order valence-electron chi connectivity index (χ0n) is 15.7. The number of nitrogens with zero attached hydrogens (tertiary/aromatic N) is 1. The fraction of sp³-hybridized carbons (Fsp3) is 0.429. The van der Waals surface area contributed by atoms with Crippen molar-refractivity contribution in [1.29, 1.82) is 0 Å². The quantitative estimate of drug-likeness (QED) is 0.635. The van der Waals surface area contributed by atoms with Crippen LogP contribution in [0.25, 0.3) is 0 Å². The molecule has 0 aliphatic rings. The molecule has 3 nitrogen and oxygen atoms in total. The van der Waals surface area contributed by atoms with Crippen LogP contribution < -0.4 is 4.31 Å². The molecule has 0 aliphatic carbocycles. The lowest BCUT2D eigenvalue weighted by Crippen LogP contribution is -2.32.